The van der Waals surface area contributed by atoms with Gasteiger partial charge in [0, 0.05) is 12.5 Å². The summed E-state index contributed by atoms with van der Waals surface area (Å²) in [5.41, 5.74) is 8.51. The zero-order valence-electron chi connectivity index (χ0n) is 30.9. The summed E-state index contributed by atoms with van der Waals surface area (Å²) in [7, 11) is 0. The van der Waals surface area contributed by atoms with Crippen LogP contribution in [0.5, 0.6) is 0 Å². The molecule has 3 N–H and O–H groups in total. The molecular weight excluding hydrogens is 618 g/mol. The molecule has 4 aliphatic rings. The predicted molar refractivity (Wildman–Crippen MR) is 189 cm³/mol. The molecule has 0 aliphatic heterocycles. The fourth-order valence-corrected chi connectivity index (χ4v) is 11.0. The maximum atomic E-state index is 14.1. The first kappa shape index (κ1) is 37.3. The highest BCUT2D eigenvalue weighted by Gasteiger charge is 2.71. The number of ether oxygens (including phenoxy) is 3. The van der Waals surface area contributed by atoms with Crippen LogP contribution in [0.4, 0.5) is 0 Å². The number of rotatable bonds is 9. The van der Waals surface area contributed by atoms with E-state index < -0.39 is 18.2 Å². The van der Waals surface area contributed by atoms with Crippen LogP contribution >= 0.6 is 0 Å². The van der Waals surface area contributed by atoms with Gasteiger partial charge in [0.25, 0.3) is 0 Å². The Morgan fingerprint density at radius 2 is 1.71 bits per heavy atom. The first-order chi connectivity index (χ1) is 23.0. The first-order valence-electron chi connectivity index (χ1n) is 18.4. The number of aliphatic hydroxyl groups excluding tert-OH is 1. The monoisotopic (exact) mass is 677 g/mol. The molecule has 0 radical (unpaired) electrons. The zero-order chi connectivity index (χ0) is 35.9. The van der Waals surface area contributed by atoms with Gasteiger partial charge in [-0.25, -0.2) is 4.79 Å². The second kappa shape index (κ2) is 14.3. The molecule has 4 fully saturated rings. The number of aliphatic hydroxyl groups is 1. The van der Waals surface area contributed by atoms with Crippen LogP contribution in [0.25, 0.3) is 0 Å². The summed E-state index contributed by atoms with van der Waals surface area (Å²) in [5.74, 6) is -0.876. The molecule has 0 bridgehead atoms. The molecule has 0 heterocycles. The summed E-state index contributed by atoms with van der Waals surface area (Å²) in [6.07, 6.45) is 6.35. The Kier molecular flexibility index (Phi) is 10.9. The van der Waals surface area contributed by atoms with Gasteiger partial charge in [-0.3, -0.25) is 9.59 Å². The van der Waals surface area contributed by atoms with E-state index in [0.29, 0.717) is 31.3 Å². The minimum atomic E-state index is -0.662. The fraction of sp³-hybridized carbons (Fsp3) is 0.683. The van der Waals surface area contributed by atoms with Gasteiger partial charge in [-0.05, 0) is 123 Å². The summed E-state index contributed by atoms with van der Waals surface area (Å²) < 4.78 is 18.0. The van der Waals surface area contributed by atoms with Crippen LogP contribution < -0.4 is 5.73 Å². The van der Waals surface area contributed by atoms with E-state index in [9.17, 15) is 19.5 Å². The van der Waals surface area contributed by atoms with Gasteiger partial charge in [0.05, 0.1) is 6.10 Å². The van der Waals surface area contributed by atoms with Crippen LogP contribution in [0, 0.1) is 39.9 Å². The van der Waals surface area contributed by atoms with E-state index in [2.05, 4.69) is 33.8 Å². The van der Waals surface area contributed by atoms with E-state index in [1.54, 1.807) is 6.92 Å². The third-order valence-corrected chi connectivity index (χ3v) is 13.4. The Morgan fingerprint density at radius 3 is 2.35 bits per heavy atom. The number of carbonyl (C=O) groups excluding carboxylic acids is 3. The number of fused-ring (bicyclic) bond motifs is 5. The van der Waals surface area contributed by atoms with Crippen LogP contribution in [-0.2, 0) is 35.2 Å². The number of hydrogen-bond acceptors (Lipinski definition) is 8. The second-order valence-electron chi connectivity index (χ2n) is 16.6. The third kappa shape index (κ3) is 6.89. The Labute approximate surface area is 293 Å². The summed E-state index contributed by atoms with van der Waals surface area (Å²) in [5, 5.41) is 12.4. The summed E-state index contributed by atoms with van der Waals surface area (Å²) in [6.45, 7) is 16.5. The smallest absolute Gasteiger partial charge is 0.334 e. The lowest BCUT2D eigenvalue weighted by Crippen LogP contribution is -2.65. The SMILES string of the molecule is CC(=O)O[C@H]1C[C@@]2(C)[C@@H](C[C@@H](O)[C@H]3[C@@]4(C)CC[C@@H](OC(=O)C(C)N)[C@@H](C)[C@@H]4CC[C@@]32C)/C1=C(\CCC=C(C)C)C(=O)OCc1ccccc1. The minimum Gasteiger partial charge on any atom is -0.461 e. The van der Waals surface area contributed by atoms with Crippen molar-refractivity contribution in [3.8, 4) is 0 Å². The van der Waals surface area contributed by atoms with Gasteiger partial charge >= 0.3 is 17.9 Å². The lowest BCUT2D eigenvalue weighted by atomic mass is 9.36. The van der Waals surface area contributed by atoms with E-state index in [-0.39, 0.29) is 70.5 Å². The van der Waals surface area contributed by atoms with Gasteiger partial charge in [-0.2, -0.15) is 0 Å². The van der Waals surface area contributed by atoms with Crippen molar-refractivity contribution < 1.29 is 33.7 Å². The molecule has 1 aromatic carbocycles. The molecule has 0 amide bonds. The van der Waals surface area contributed by atoms with Crippen LogP contribution in [0.3, 0.4) is 0 Å². The maximum absolute atomic E-state index is 14.1. The largest absolute Gasteiger partial charge is 0.461 e. The lowest BCUT2D eigenvalue weighted by Gasteiger charge is -2.69. The molecule has 270 valence electrons. The van der Waals surface area contributed by atoms with Crippen molar-refractivity contribution in [3.63, 3.8) is 0 Å². The predicted octanol–water partition coefficient (Wildman–Crippen LogP) is 7.22. The molecule has 49 heavy (non-hydrogen) atoms. The van der Waals surface area contributed by atoms with Crippen LogP contribution in [0.2, 0.25) is 0 Å². The van der Waals surface area contributed by atoms with Gasteiger partial charge in [-0.15, -0.1) is 0 Å². The molecular formula is C41H59NO7. The average Bonchev–Trinajstić information content (AvgIpc) is 3.30. The number of benzene rings is 1. The molecule has 1 unspecified atom stereocenters. The third-order valence-electron chi connectivity index (χ3n) is 13.4. The van der Waals surface area contributed by atoms with E-state index in [1.165, 1.54) is 12.5 Å². The molecule has 1 aromatic rings. The molecule has 8 heteroatoms. The molecule has 11 atom stereocenters. The van der Waals surface area contributed by atoms with Crippen molar-refractivity contribution in [2.24, 2.45) is 45.7 Å². The lowest BCUT2D eigenvalue weighted by molar-refractivity contribution is -0.236. The maximum Gasteiger partial charge on any atom is 0.334 e. The molecule has 4 aliphatic carbocycles. The van der Waals surface area contributed by atoms with Crippen molar-refractivity contribution in [1.82, 2.24) is 0 Å². The van der Waals surface area contributed by atoms with Gasteiger partial charge in [0.2, 0.25) is 0 Å². The van der Waals surface area contributed by atoms with Gasteiger partial charge in [0.15, 0.2) is 0 Å². The fourth-order valence-electron chi connectivity index (χ4n) is 11.0. The van der Waals surface area contributed by atoms with Crippen LogP contribution in [0.1, 0.15) is 112 Å². The number of allylic oxidation sites excluding steroid dienone is 2. The van der Waals surface area contributed by atoms with Crippen molar-refractivity contribution in [2.75, 3.05) is 0 Å². The Hall–Kier alpha value is -2.97. The van der Waals surface area contributed by atoms with Crippen molar-refractivity contribution in [3.05, 3.63) is 58.7 Å². The number of carbonyl (C=O) groups is 3. The Morgan fingerprint density at radius 1 is 1.02 bits per heavy atom. The Bertz CT molecular complexity index is 1460. The normalized spacial score (nSPS) is 38.2. The van der Waals surface area contributed by atoms with E-state index in [4.69, 9.17) is 19.9 Å². The summed E-state index contributed by atoms with van der Waals surface area (Å²) in [6, 6.07) is 8.98. The van der Waals surface area contributed by atoms with Crippen molar-refractivity contribution >= 4 is 17.9 Å². The molecule has 0 saturated heterocycles. The van der Waals surface area contributed by atoms with Crippen molar-refractivity contribution in [1.29, 1.82) is 0 Å². The van der Waals surface area contributed by atoms with E-state index >= 15 is 0 Å². The van der Waals surface area contributed by atoms with Crippen LogP contribution in [-0.4, -0.2) is 47.4 Å². The molecule has 5 rings (SSSR count). The van der Waals surface area contributed by atoms with Crippen LogP contribution in [0.15, 0.2) is 53.1 Å². The topological polar surface area (TPSA) is 125 Å². The van der Waals surface area contributed by atoms with Crippen molar-refractivity contribution in [2.45, 2.75) is 138 Å². The molecule has 0 aromatic heterocycles. The minimum absolute atomic E-state index is 0.0102. The van der Waals surface area contributed by atoms with E-state index in [0.717, 1.165) is 36.8 Å². The van der Waals surface area contributed by atoms with Gasteiger partial charge < -0.3 is 25.1 Å². The first-order valence-corrected chi connectivity index (χ1v) is 18.4. The van der Waals surface area contributed by atoms with Gasteiger partial charge in [0.1, 0.15) is 24.9 Å². The van der Waals surface area contributed by atoms with Gasteiger partial charge in [-0.1, -0.05) is 69.7 Å². The summed E-state index contributed by atoms with van der Waals surface area (Å²) in [4.78, 5) is 39.2. The standard InChI is InChI=1S/C41H59NO7/c1-24(2)13-12-16-29(38(46)47-23-28-14-10-9-11-15-28)35-31-21-32(44)36-39(6)19-18-33(49-37(45)26(4)42)25(3)30(39)17-20-40(36,7)41(31,8)22-34(35)48-27(5)43/h9-11,13-15,25-26,30-34,36,44H,12,16-23,42H2,1-8H3/b35-29-/t25-,26?,30-,31-,32+,33+,34-,36-,39-,40-,41-/m0/s1. The highest BCUT2D eigenvalue weighted by molar-refractivity contribution is 5.90. The number of hydrogen-bond donors (Lipinski definition) is 2. The highest BCUT2D eigenvalue weighted by atomic mass is 16.6. The zero-order valence-corrected chi connectivity index (χ0v) is 30.9. The highest BCUT2D eigenvalue weighted by Crippen LogP contribution is 2.74. The number of esters is 3. The summed E-state index contributed by atoms with van der Waals surface area (Å²) >= 11 is 0. The van der Waals surface area contributed by atoms with E-state index in [1.807, 2.05) is 44.2 Å². The average molecular weight is 678 g/mol. The molecule has 4 saturated carbocycles. The quantitative estimate of drug-likeness (QED) is 0.122. The molecule has 0 spiro atoms. The second-order valence-corrected chi connectivity index (χ2v) is 16.6. The molecule has 8 nitrogen and oxygen atoms in total. The Balaban J connectivity index is 1.53. The number of nitrogens with two attached hydrogens (primary N) is 1.